The summed E-state index contributed by atoms with van der Waals surface area (Å²) >= 11 is 0. The molecule has 1 aromatic carbocycles. The highest BCUT2D eigenvalue weighted by atomic mass is 32.2. The Morgan fingerprint density at radius 2 is 2.05 bits per heavy atom. The van der Waals surface area contributed by atoms with Gasteiger partial charge in [-0.1, -0.05) is 6.92 Å². The number of aliphatic hydroxyl groups is 1. The normalized spacial score (nSPS) is 13.2. The Morgan fingerprint density at radius 3 is 2.60 bits per heavy atom. The molecule has 114 valence electrons. The van der Waals surface area contributed by atoms with Crippen LogP contribution in [-0.2, 0) is 10.0 Å². The van der Waals surface area contributed by atoms with Crippen molar-refractivity contribution in [3.63, 3.8) is 0 Å². The molecule has 0 amide bonds. The molecule has 0 saturated heterocycles. The van der Waals surface area contributed by atoms with Crippen LogP contribution in [0.4, 0.5) is 0 Å². The minimum absolute atomic E-state index is 0.212. The van der Waals surface area contributed by atoms with E-state index in [1.54, 1.807) is 12.1 Å². The Balaban J connectivity index is 2.75. The first-order chi connectivity index (χ1) is 9.40. The lowest BCUT2D eigenvalue weighted by molar-refractivity contribution is 0.162. The molecular weight excluding hydrogens is 278 g/mol. The minimum atomic E-state index is -3.54. The second-order valence-electron chi connectivity index (χ2n) is 4.61. The third-order valence-corrected chi connectivity index (χ3v) is 4.46. The van der Waals surface area contributed by atoms with Crippen LogP contribution < -0.4 is 9.46 Å². The van der Waals surface area contributed by atoms with Gasteiger partial charge in [-0.05, 0) is 50.5 Å². The van der Waals surface area contributed by atoms with E-state index >= 15 is 0 Å². The largest absolute Gasteiger partial charge is 0.494 e. The van der Waals surface area contributed by atoms with E-state index in [9.17, 15) is 13.5 Å². The van der Waals surface area contributed by atoms with Gasteiger partial charge < -0.3 is 9.84 Å². The molecule has 1 rings (SSSR count). The molecule has 0 aromatic heterocycles. The molecule has 0 aliphatic carbocycles. The zero-order valence-electron chi connectivity index (χ0n) is 12.2. The van der Waals surface area contributed by atoms with Crippen LogP contribution in [0.5, 0.6) is 5.75 Å². The van der Waals surface area contributed by atoms with Crippen molar-refractivity contribution >= 4 is 10.0 Å². The van der Waals surface area contributed by atoms with E-state index in [4.69, 9.17) is 4.74 Å². The third kappa shape index (κ3) is 4.77. The van der Waals surface area contributed by atoms with Crippen molar-refractivity contribution in [1.29, 1.82) is 0 Å². The van der Waals surface area contributed by atoms with Crippen LogP contribution in [0.3, 0.4) is 0 Å². The number of hydrogen-bond donors (Lipinski definition) is 2. The van der Waals surface area contributed by atoms with Gasteiger partial charge >= 0.3 is 0 Å². The lowest BCUT2D eigenvalue weighted by Crippen LogP contribution is -2.27. The lowest BCUT2D eigenvalue weighted by Gasteiger charge is -2.12. The Hall–Kier alpha value is -1.11. The molecule has 0 bridgehead atoms. The monoisotopic (exact) mass is 301 g/mol. The van der Waals surface area contributed by atoms with Crippen molar-refractivity contribution in [1.82, 2.24) is 4.72 Å². The zero-order chi connectivity index (χ0) is 15.2. The first-order valence-corrected chi connectivity index (χ1v) is 8.30. The van der Waals surface area contributed by atoms with Crippen molar-refractivity contribution in [3.8, 4) is 5.75 Å². The van der Waals surface area contributed by atoms with E-state index in [1.807, 2.05) is 20.8 Å². The van der Waals surface area contributed by atoms with Crippen molar-refractivity contribution in [2.24, 2.45) is 0 Å². The molecule has 1 aromatic rings. The van der Waals surface area contributed by atoms with Crippen LogP contribution in [0.2, 0.25) is 0 Å². The van der Waals surface area contributed by atoms with Gasteiger partial charge in [-0.3, -0.25) is 0 Å². The van der Waals surface area contributed by atoms with Gasteiger partial charge in [0.2, 0.25) is 10.0 Å². The van der Waals surface area contributed by atoms with Gasteiger partial charge in [0.1, 0.15) is 5.75 Å². The molecule has 0 radical (unpaired) electrons. The quantitative estimate of drug-likeness (QED) is 0.768. The van der Waals surface area contributed by atoms with E-state index < -0.39 is 16.1 Å². The lowest BCUT2D eigenvalue weighted by atomic mass is 10.2. The number of benzene rings is 1. The maximum absolute atomic E-state index is 12.1. The van der Waals surface area contributed by atoms with Crippen LogP contribution in [-0.4, -0.2) is 32.8 Å². The van der Waals surface area contributed by atoms with Crippen LogP contribution in [0.15, 0.2) is 23.1 Å². The van der Waals surface area contributed by atoms with Crippen LogP contribution in [0.25, 0.3) is 0 Å². The topological polar surface area (TPSA) is 75.6 Å². The molecule has 0 aliphatic heterocycles. The minimum Gasteiger partial charge on any atom is -0.494 e. The summed E-state index contributed by atoms with van der Waals surface area (Å²) in [5, 5.41) is 9.41. The molecule has 0 spiro atoms. The molecule has 1 unspecified atom stereocenters. The zero-order valence-corrected chi connectivity index (χ0v) is 13.0. The molecule has 0 heterocycles. The number of aliphatic hydroxyl groups excluding tert-OH is 1. The second-order valence-corrected chi connectivity index (χ2v) is 6.38. The first kappa shape index (κ1) is 16.9. The van der Waals surface area contributed by atoms with Crippen molar-refractivity contribution < 1.29 is 18.3 Å². The highest BCUT2D eigenvalue weighted by molar-refractivity contribution is 7.89. The fraction of sp³-hybridized carbons (Fsp3) is 0.571. The number of rotatable bonds is 8. The van der Waals surface area contributed by atoms with Gasteiger partial charge in [0.25, 0.3) is 0 Å². The summed E-state index contributed by atoms with van der Waals surface area (Å²) in [6.07, 6.45) is 0.551. The molecule has 20 heavy (non-hydrogen) atoms. The summed E-state index contributed by atoms with van der Waals surface area (Å²) in [6, 6.07) is 4.77. The number of hydrogen-bond acceptors (Lipinski definition) is 4. The van der Waals surface area contributed by atoms with Gasteiger partial charge in [0.05, 0.1) is 17.6 Å². The van der Waals surface area contributed by atoms with E-state index in [2.05, 4.69) is 4.72 Å². The van der Waals surface area contributed by atoms with Crippen LogP contribution in [0.1, 0.15) is 32.3 Å². The molecule has 0 fully saturated rings. The van der Waals surface area contributed by atoms with Crippen LogP contribution in [0, 0.1) is 6.92 Å². The summed E-state index contributed by atoms with van der Waals surface area (Å²) < 4.78 is 32.1. The fourth-order valence-corrected chi connectivity index (χ4v) is 2.89. The Kier molecular flexibility index (Phi) is 6.45. The molecule has 2 N–H and O–H groups in total. The highest BCUT2D eigenvalue weighted by Gasteiger charge is 2.15. The number of ether oxygens (including phenoxy) is 1. The Bertz CT molecular complexity index is 528. The predicted octanol–water partition coefficient (Wildman–Crippen LogP) is 1.83. The van der Waals surface area contributed by atoms with Gasteiger partial charge in [0.15, 0.2) is 0 Å². The highest BCUT2D eigenvalue weighted by Crippen LogP contribution is 2.21. The summed E-state index contributed by atoms with van der Waals surface area (Å²) in [4.78, 5) is 0.212. The number of aryl methyl sites for hydroxylation is 1. The average Bonchev–Trinajstić information content (AvgIpc) is 2.40. The number of nitrogens with one attached hydrogen (secondary N) is 1. The van der Waals surface area contributed by atoms with Crippen molar-refractivity contribution in [2.45, 2.75) is 44.6 Å². The standard InChI is InChI=1S/C14H23NO4S/c1-4-12(16)8-9-15-20(17,18)13-6-7-14(19-5-2)11(3)10-13/h6-7,10,12,15-16H,4-5,8-9H2,1-3H3. The van der Waals surface area contributed by atoms with Crippen molar-refractivity contribution in [2.75, 3.05) is 13.2 Å². The molecule has 6 heteroatoms. The molecule has 0 saturated carbocycles. The number of sulfonamides is 1. The summed E-state index contributed by atoms with van der Waals surface area (Å²) in [5.41, 5.74) is 0.781. The Morgan fingerprint density at radius 1 is 1.35 bits per heavy atom. The molecular formula is C14H23NO4S. The molecule has 1 atom stereocenters. The SMILES string of the molecule is CCOc1ccc(S(=O)(=O)NCCC(O)CC)cc1C. The van der Waals surface area contributed by atoms with Crippen molar-refractivity contribution in [3.05, 3.63) is 23.8 Å². The second kappa shape index (κ2) is 7.61. The van der Waals surface area contributed by atoms with E-state index in [0.717, 1.165) is 5.56 Å². The summed E-state index contributed by atoms with van der Waals surface area (Å²) in [5.74, 6) is 0.688. The van der Waals surface area contributed by atoms with Gasteiger partial charge in [-0.15, -0.1) is 0 Å². The van der Waals surface area contributed by atoms with Gasteiger partial charge in [-0.25, -0.2) is 13.1 Å². The fourth-order valence-electron chi connectivity index (χ4n) is 1.75. The van der Waals surface area contributed by atoms with Gasteiger partial charge in [0, 0.05) is 6.54 Å². The summed E-state index contributed by atoms with van der Waals surface area (Å²) in [6.45, 7) is 6.31. The summed E-state index contributed by atoms with van der Waals surface area (Å²) in [7, 11) is -3.54. The Labute approximate surface area is 121 Å². The van der Waals surface area contributed by atoms with E-state index in [-0.39, 0.29) is 11.4 Å². The maximum atomic E-state index is 12.1. The molecule has 5 nitrogen and oxygen atoms in total. The molecule has 0 aliphatic rings. The smallest absolute Gasteiger partial charge is 0.240 e. The van der Waals surface area contributed by atoms with E-state index in [0.29, 0.717) is 25.2 Å². The average molecular weight is 301 g/mol. The maximum Gasteiger partial charge on any atom is 0.240 e. The third-order valence-electron chi connectivity index (χ3n) is 3.00. The van der Waals surface area contributed by atoms with Gasteiger partial charge in [-0.2, -0.15) is 0 Å². The van der Waals surface area contributed by atoms with E-state index in [1.165, 1.54) is 6.07 Å². The van der Waals surface area contributed by atoms with Crippen LogP contribution >= 0.6 is 0 Å². The predicted molar refractivity (Wildman–Crippen MR) is 78.5 cm³/mol. The first-order valence-electron chi connectivity index (χ1n) is 6.81.